The monoisotopic (exact) mass is 774 g/mol. The Morgan fingerprint density at radius 1 is 0.228 bits per heavy atom. The molecule has 0 unspecified atom stereocenters. The molecule has 0 aliphatic carbocycles. The van der Waals surface area contributed by atoms with E-state index in [4.69, 9.17) is 0 Å². The van der Waals surface area contributed by atoms with Crippen LogP contribution in [0.1, 0.15) is 0 Å². The molecule has 0 fully saturated rings. The number of hydrogen-bond donors (Lipinski definition) is 0. The number of hydrogen-bond acceptors (Lipinski definition) is 3. The average molecular weight is 775 g/mol. The lowest BCUT2D eigenvalue weighted by Gasteiger charge is -2.18. The van der Waals surface area contributed by atoms with Crippen LogP contribution >= 0.6 is 34.0 Å². The third-order valence-corrected chi connectivity index (χ3v) is 15.5. The normalized spacial score (nSPS) is 12.2. The molecule has 57 heavy (non-hydrogen) atoms. The molecule has 13 rings (SSSR count). The Hall–Kier alpha value is -6.36. The SMILES string of the molecule is c1ccc2c(c1)sc1cc(-c3c4ccccc4c(-c4ccc(-c5cc6c7cc8sc9ccccc9c8cc7sc6c6ccccc56)cc4)c4ccccc34)ccc12. The minimum Gasteiger partial charge on any atom is -0.135 e. The van der Waals surface area contributed by atoms with Gasteiger partial charge in [0.2, 0.25) is 0 Å². The first-order valence-electron chi connectivity index (χ1n) is 19.4. The third-order valence-electron chi connectivity index (χ3n) is 12.1. The molecular weight excluding hydrogens is 745 g/mol. The Labute approximate surface area is 340 Å². The van der Waals surface area contributed by atoms with Crippen molar-refractivity contribution >= 4 is 127 Å². The topological polar surface area (TPSA) is 0 Å². The highest BCUT2D eigenvalue weighted by Crippen LogP contribution is 2.48. The molecule has 0 atom stereocenters. The van der Waals surface area contributed by atoms with Gasteiger partial charge in [0, 0.05) is 65.9 Å². The molecule has 0 N–H and O–H groups in total. The molecule has 0 saturated heterocycles. The van der Waals surface area contributed by atoms with Gasteiger partial charge in [-0.15, -0.1) is 34.0 Å². The Bertz CT molecular complexity index is 3740. The third kappa shape index (κ3) is 4.65. The van der Waals surface area contributed by atoms with Gasteiger partial charge in [-0.3, -0.25) is 0 Å². The summed E-state index contributed by atoms with van der Waals surface area (Å²) in [4.78, 5) is 0. The fourth-order valence-corrected chi connectivity index (χ4v) is 13.0. The molecule has 10 aromatic carbocycles. The summed E-state index contributed by atoms with van der Waals surface area (Å²) in [6, 6.07) is 68.3. The average Bonchev–Trinajstić information content (AvgIpc) is 3.95. The summed E-state index contributed by atoms with van der Waals surface area (Å²) in [5, 5.41) is 15.8. The molecule has 0 amide bonds. The van der Waals surface area contributed by atoms with Crippen LogP contribution in [-0.2, 0) is 0 Å². The predicted molar refractivity (Wildman–Crippen MR) is 254 cm³/mol. The predicted octanol–water partition coefficient (Wildman–Crippen LogP) is 17.3. The van der Waals surface area contributed by atoms with E-state index in [0.29, 0.717) is 0 Å². The van der Waals surface area contributed by atoms with Crippen molar-refractivity contribution in [1.29, 1.82) is 0 Å². The molecule has 3 heteroatoms. The van der Waals surface area contributed by atoms with E-state index in [9.17, 15) is 0 Å². The van der Waals surface area contributed by atoms with Crippen molar-refractivity contribution in [2.45, 2.75) is 0 Å². The van der Waals surface area contributed by atoms with Crippen LogP contribution in [0.15, 0.2) is 182 Å². The lowest BCUT2D eigenvalue weighted by molar-refractivity contribution is 1.65. The van der Waals surface area contributed by atoms with E-state index in [0.717, 1.165) is 0 Å². The second kappa shape index (κ2) is 12.1. The van der Waals surface area contributed by atoms with Crippen molar-refractivity contribution < 1.29 is 0 Å². The molecule has 0 aliphatic rings. The molecule has 0 spiro atoms. The van der Waals surface area contributed by atoms with E-state index >= 15 is 0 Å². The summed E-state index contributed by atoms with van der Waals surface area (Å²) in [6.07, 6.45) is 0. The van der Waals surface area contributed by atoms with Crippen LogP contribution in [-0.4, -0.2) is 0 Å². The number of thiophene rings is 3. The highest BCUT2D eigenvalue weighted by Gasteiger charge is 2.19. The molecule has 13 aromatic rings. The van der Waals surface area contributed by atoms with E-state index < -0.39 is 0 Å². The summed E-state index contributed by atoms with van der Waals surface area (Å²) in [6.45, 7) is 0. The van der Waals surface area contributed by atoms with Gasteiger partial charge in [-0.1, -0.05) is 146 Å². The van der Waals surface area contributed by atoms with Crippen LogP contribution in [0, 0.1) is 0 Å². The van der Waals surface area contributed by atoms with Crippen molar-refractivity contribution in [1.82, 2.24) is 0 Å². The van der Waals surface area contributed by atoms with Crippen LogP contribution in [0.3, 0.4) is 0 Å². The molecule has 264 valence electrons. The van der Waals surface area contributed by atoms with Gasteiger partial charge in [0.1, 0.15) is 0 Å². The Morgan fingerprint density at radius 2 is 0.649 bits per heavy atom. The molecule has 0 saturated carbocycles. The lowest BCUT2D eigenvalue weighted by atomic mass is 9.85. The van der Waals surface area contributed by atoms with Gasteiger partial charge in [-0.05, 0) is 96.7 Å². The van der Waals surface area contributed by atoms with Gasteiger partial charge in [0.15, 0.2) is 0 Å². The summed E-state index contributed by atoms with van der Waals surface area (Å²) in [5.74, 6) is 0. The maximum Gasteiger partial charge on any atom is 0.0434 e. The largest absolute Gasteiger partial charge is 0.135 e. The summed E-state index contributed by atoms with van der Waals surface area (Å²) < 4.78 is 8.09. The van der Waals surface area contributed by atoms with E-state index in [1.165, 1.54) is 126 Å². The first-order valence-corrected chi connectivity index (χ1v) is 21.9. The van der Waals surface area contributed by atoms with Gasteiger partial charge < -0.3 is 0 Å². The summed E-state index contributed by atoms with van der Waals surface area (Å²) in [7, 11) is 0. The zero-order valence-electron chi connectivity index (χ0n) is 30.5. The number of fused-ring (bicyclic) bond motifs is 13. The quantitative estimate of drug-likeness (QED) is 0.157. The lowest BCUT2D eigenvalue weighted by Crippen LogP contribution is -1.91. The van der Waals surface area contributed by atoms with Crippen LogP contribution in [0.2, 0.25) is 0 Å². The van der Waals surface area contributed by atoms with Crippen LogP contribution in [0.25, 0.3) is 126 Å². The van der Waals surface area contributed by atoms with E-state index in [2.05, 4.69) is 182 Å². The molecule has 0 bridgehead atoms. The Balaban J connectivity index is 0.990. The summed E-state index contributed by atoms with van der Waals surface area (Å²) in [5.41, 5.74) is 7.60. The van der Waals surface area contributed by atoms with Crippen LogP contribution < -0.4 is 0 Å². The van der Waals surface area contributed by atoms with Crippen molar-refractivity contribution in [2.24, 2.45) is 0 Å². The van der Waals surface area contributed by atoms with Gasteiger partial charge >= 0.3 is 0 Å². The van der Waals surface area contributed by atoms with Crippen LogP contribution in [0.5, 0.6) is 0 Å². The highest BCUT2D eigenvalue weighted by atomic mass is 32.1. The van der Waals surface area contributed by atoms with E-state index in [1.807, 2.05) is 34.0 Å². The maximum absolute atomic E-state index is 2.46. The van der Waals surface area contributed by atoms with Crippen molar-refractivity contribution in [3.8, 4) is 33.4 Å². The minimum absolute atomic E-state index is 1.23. The molecule has 0 radical (unpaired) electrons. The molecule has 0 nitrogen and oxygen atoms in total. The maximum atomic E-state index is 2.46. The van der Waals surface area contributed by atoms with Crippen LogP contribution in [0.4, 0.5) is 0 Å². The van der Waals surface area contributed by atoms with Crippen molar-refractivity contribution in [2.75, 3.05) is 0 Å². The van der Waals surface area contributed by atoms with Gasteiger partial charge in [-0.25, -0.2) is 0 Å². The first kappa shape index (κ1) is 31.8. The fourth-order valence-electron chi connectivity index (χ4n) is 9.50. The summed E-state index contributed by atoms with van der Waals surface area (Å²) >= 11 is 5.71. The highest BCUT2D eigenvalue weighted by molar-refractivity contribution is 7.28. The standard InChI is InChI=1S/C54H30S3/c1-6-18-42-34(11-1)43(28-46-45-30-50-44(29-51(45)57-54(42)46)36-13-8-10-20-48(36)56-50)31-21-23-32(24-22-31)52-38-14-2-4-16-40(38)53(41-17-5-3-15-39(41)52)33-25-26-37-35-12-7-9-19-47(35)55-49(37)27-33/h1-30H. The Kier molecular flexibility index (Phi) is 6.73. The fraction of sp³-hybridized carbons (Fsp3) is 0. The Morgan fingerprint density at radius 3 is 1.28 bits per heavy atom. The molecule has 3 aromatic heterocycles. The van der Waals surface area contributed by atoms with Gasteiger partial charge in [0.05, 0.1) is 0 Å². The second-order valence-electron chi connectivity index (χ2n) is 15.1. The van der Waals surface area contributed by atoms with Gasteiger partial charge in [-0.2, -0.15) is 0 Å². The second-order valence-corrected chi connectivity index (χ2v) is 18.3. The molecule has 0 aliphatic heterocycles. The smallest absolute Gasteiger partial charge is 0.0434 e. The number of benzene rings is 10. The first-order chi connectivity index (χ1) is 28.2. The molecular formula is C54H30S3. The van der Waals surface area contributed by atoms with Crippen molar-refractivity contribution in [3.05, 3.63) is 182 Å². The van der Waals surface area contributed by atoms with Crippen molar-refractivity contribution in [3.63, 3.8) is 0 Å². The molecule has 3 heterocycles. The zero-order valence-corrected chi connectivity index (χ0v) is 33.0. The van der Waals surface area contributed by atoms with E-state index in [1.54, 1.807) is 0 Å². The minimum atomic E-state index is 1.23. The number of rotatable bonds is 3. The van der Waals surface area contributed by atoms with Gasteiger partial charge in [0.25, 0.3) is 0 Å². The zero-order chi connectivity index (χ0) is 37.2. The van der Waals surface area contributed by atoms with E-state index in [-0.39, 0.29) is 0 Å².